The van der Waals surface area contributed by atoms with Crippen LogP contribution < -0.4 is 14.4 Å². The van der Waals surface area contributed by atoms with Gasteiger partial charge in [0.2, 0.25) is 5.13 Å². The molecule has 11 heteroatoms. The lowest BCUT2D eigenvalue weighted by Gasteiger charge is -2.23. The molecule has 3 aromatic rings. The minimum Gasteiger partial charge on any atom is -0.507 e. The number of rotatable bonds is 4. The van der Waals surface area contributed by atoms with Gasteiger partial charge in [0.15, 0.2) is 11.5 Å². The summed E-state index contributed by atoms with van der Waals surface area (Å²) in [7, 11) is 1.39. The van der Waals surface area contributed by atoms with Crippen molar-refractivity contribution in [3.05, 3.63) is 62.1 Å². The van der Waals surface area contributed by atoms with E-state index in [0.717, 1.165) is 22.6 Å². The van der Waals surface area contributed by atoms with Crippen LogP contribution in [0.15, 0.2) is 40.4 Å². The number of aromatic hydroxyl groups is 1. The quantitative estimate of drug-likeness (QED) is 0.277. The Bertz CT molecular complexity index is 1420. The van der Waals surface area contributed by atoms with Crippen molar-refractivity contribution in [3.8, 4) is 17.2 Å². The molecule has 0 radical (unpaired) electrons. The third kappa shape index (κ3) is 3.84. The van der Waals surface area contributed by atoms with E-state index < -0.39 is 17.7 Å². The molecular formula is C24H20BrN3O6S. The van der Waals surface area contributed by atoms with Crippen LogP contribution in [0.3, 0.4) is 0 Å². The molecule has 3 heterocycles. The molecule has 2 aliphatic heterocycles. The number of aliphatic hydroxyl groups excluding tert-OH is 1. The standard InChI is InChI=1S/C24H20BrN3O6S/c1-10-6-13-7-12(4-5-16(13)34-10)20(29)18-19(14-8-15(25)21(30)17(9-14)33-3)28(23(32)22(18)31)24-27-26-11(2)35-24/h4-5,7-10,19,29-30H,6H2,1-3H3/b20-18-. The molecule has 1 amide bonds. The highest BCUT2D eigenvalue weighted by molar-refractivity contribution is 9.10. The van der Waals surface area contributed by atoms with Crippen LogP contribution in [0.4, 0.5) is 5.13 Å². The lowest BCUT2D eigenvalue weighted by molar-refractivity contribution is -0.132. The maximum absolute atomic E-state index is 13.3. The lowest BCUT2D eigenvalue weighted by atomic mass is 9.94. The van der Waals surface area contributed by atoms with Crippen LogP contribution in [0.1, 0.15) is 34.7 Å². The molecule has 2 atom stereocenters. The fourth-order valence-electron chi connectivity index (χ4n) is 4.36. The second-order valence-electron chi connectivity index (χ2n) is 8.28. The van der Waals surface area contributed by atoms with Crippen LogP contribution in [-0.2, 0) is 16.0 Å². The number of hydrogen-bond donors (Lipinski definition) is 2. The fourth-order valence-corrected chi connectivity index (χ4v) is 5.53. The highest BCUT2D eigenvalue weighted by Crippen LogP contribution is 2.46. The monoisotopic (exact) mass is 557 g/mol. The van der Waals surface area contributed by atoms with Gasteiger partial charge in [-0.25, -0.2) is 0 Å². The van der Waals surface area contributed by atoms with Crippen molar-refractivity contribution in [2.75, 3.05) is 12.0 Å². The molecule has 2 aromatic carbocycles. The molecule has 2 N–H and O–H groups in total. The van der Waals surface area contributed by atoms with Crippen molar-refractivity contribution < 1.29 is 29.3 Å². The Morgan fingerprint density at radius 1 is 1.26 bits per heavy atom. The molecule has 1 saturated heterocycles. The number of phenolic OH excluding ortho intramolecular Hbond substituents is 1. The first-order chi connectivity index (χ1) is 16.7. The van der Waals surface area contributed by atoms with Crippen molar-refractivity contribution in [1.29, 1.82) is 0 Å². The number of halogens is 1. The van der Waals surface area contributed by atoms with E-state index in [1.807, 2.05) is 6.92 Å². The van der Waals surface area contributed by atoms with Crippen molar-refractivity contribution in [2.45, 2.75) is 32.4 Å². The normalized spacial score (nSPS) is 20.7. The number of ether oxygens (including phenoxy) is 2. The predicted molar refractivity (Wildman–Crippen MR) is 132 cm³/mol. The summed E-state index contributed by atoms with van der Waals surface area (Å²) in [5, 5.41) is 30.6. The van der Waals surface area contributed by atoms with Crippen molar-refractivity contribution >= 4 is 49.8 Å². The summed E-state index contributed by atoms with van der Waals surface area (Å²) in [5.74, 6) is -1.28. The van der Waals surface area contributed by atoms with Gasteiger partial charge in [-0.05, 0) is 71.2 Å². The first kappa shape index (κ1) is 23.3. The van der Waals surface area contributed by atoms with Gasteiger partial charge in [-0.3, -0.25) is 14.5 Å². The molecular weight excluding hydrogens is 538 g/mol. The Labute approximate surface area is 212 Å². The van der Waals surface area contributed by atoms with Gasteiger partial charge in [0.05, 0.1) is 23.2 Å². The van der Waals surface area contributed by atoms with Gasteiger partial charge in [-0.15, -0.1) is 10.2 Å². The number of carbonyl (C=O) groups excluding carboxylic acids is 2. The van der Waals surface area contributed by atoms with E-state index in [4.69, 9.17) is 9.47 Å². The van der Waals surface area contributed by atoms with Gasteiger partial charge in [0, 0.05) is 12.0 Å². The Balaban J connectivity index is 1.73. The Hall–Kier alpha value is -3.44. The maximum Gasteiger partial charge on any atom is 0.301 e. The number of phenols is 1. The second-order valence-corrected chi connectivity index (χ2v) is 10.3. The zero-order valence-electron chi connectivity index (χ0n) is 18.9. The smallest absolute Gasteiger partial charge is 0.301 e. The van der Waals surface area contributed by atoms with Gasteiger partial charge < -0.3 is 19.7 Å². The molecule has 5 rings (SSSR count). The van der Waals surface area contributed by atoms with Crippen molar-refractivity contribution in [2.24, 2.45) is 0 Å². The highest BCUT2D eigenvalue weighted by atomic mass is 79.9. The van der Waals surface area contributed by atoms with E-state index in [-0.39, 0.29) is 34.1 Å². The van der Waals surface area contributed by atoms with Crippen molar-refractivity contribution in [1.82, 2.24) is 10.2 Å². The number of carbonyl (C=O) groups is 2. The van der Waals surface area contributed by atoms with Gasteiger partial charge >= 0.3 is 5.91 Å². The van der Waals surface area contributed by atoms with Crippen LogP contribution in [-0.4, -0.2) is 45.3 Å². The van der Waals surface area contributed by atoms with Crippen LogP contribution >= 0.6 is 27.3 Å². The highest BCUT2D eigenvalue weighted by Gasteiger charge is 2.48. The van der Waals surface area contributed by atoms with E-state index in [2.05, 4.69) is 26.1 Å². The molecule has 0 bridgehead atoms. The number of Topliss-reactive ketones (excluding diaryl/α,β-unsaturated/α-hetero) is 1. The molecule has 0 aliphatic carbocycles. The number of fused-ring (bicyclic) bond motifs is 1. The van der Waals surface area contributed by atoms with Crippen LogP contribution in [0, 0.1) is 6.92 Å². The van der Waals surface area contributed by atoms with Gasteiger partial charge in [-0.2, -0.15) is 0 Å². The summed E-state index contributed by atoms with van der Waals surface area (Å²) >= 11 is 4.45. The Morgan fingerprint density at radius 3 is 2.71 bits per heavy atom. The number of aryl methyl sites for hydroxylation is 1. The number of ketones is 1. The molecule has 1 aromatic heterocycles. The number of methoxy groups -OCH3 is 1. The molecule has 180 valence electrons. The molecule has 2 unspecified atom stereocenters. The summed E-state index contributed by atoms with van der Waals surface area (Å²) in [6, 6.07) is 7.22. The molecule has 35 heavy (non-hydrogen) atoms. The van der Waals surface area contributed by atoms with E-state index in [9.17, 15) is 19.8 Å². The van der Waals surface area contributed by atoms with E-state index in [1.54, 1.807) is 31.2 Å². The maximum atomic E-state index is 13.3. The number of aliphatic hydroxyl groups is 1. The first-order valence-electron chi connectivity index (χ1n) is 10.7. The SMILES string of the molecule is COc1cc(C2/C(=C(/O)c3ccc4c(c3)CC(C)O4)C(=O)C(=O)N2c2nnc(C)s2)cc(Br)c1O. The van der Waals surface area contributed by atoms with E-state index in [0.29, 0.717) is 27.0 Å². The summed E-state index contributed by atoms with van der Waals surface area (Å²) < 4.78 is 11.3. The zero-order valence-corrected chi connectivity index (χ0v) is 21.3. The van der Waals surface area contributed by atoms with Crippen LogP contribution in [0.25, 0.3) is 5.76 Å². The Morgan fingerprint density at radius 2 is 2.03 bits per heavy atom. The van der Waals surface area contributed by atoms with Gasteiger partial charge in [0.25, 0.3) is 5.78 Å². The molecule has 0 saturated carbocycles. The van der Waals surface area contributed by atoms with Gasteiger partial charge in [-0.1, -0.05) is 11.3 Å². The number of aromatic nitrogens is 2. The summed E-state index contributed by atoms with van der Waals surface area (Å²) in [4.78, 5) is 27.8. The fraction of sp³-hybridized carbons (Fsp3) is 0.250. The van der Waals surface area contributed by atoms with Crippen molar-refractivity contribution in [3.63, 3.8) is 0 Å². The number of anilines is 1. The molecule has 2 aliphatic rings. The lowest BCUT2D eigenvalue weighted by Crippen LogP contribution is -2.29. The minimum atomic E-state index is -1.03. The average Bonchev–Trinajstić information content (AvgIpc) is 3.49. The third-order valence-corrected chi connectivity index (χ3v) is 7.36. The topological polar surface area (TPSA) is 122 Å². The largest absolute Gasteiger partial charge is 0.507 e. The number of amides is 1. The number of hydrogen-bond acceptors (Lipinski definition) is 9. The van der Waals surface area contributed by atoms with E-state index in [1.165, 1.54) is 18.1 Å². The summed E-state index contributed by atoms with van der Waals surface area (Å²) in [6.45, 7) is 3.69. The molecule has 9 nitrogen and oxygen atoms in total. The zero-order chi connectivity index (χ0) is 25.0. The van der Waals surface area contributed by atoms with Crippen LogP contribution in [0.2, 0.25) is 0 Å². The summed E-state index contributed by atoms with van der Waals surface area (Å²) in [6.07, 6.45) is 0.677. The minimum absolute atomic E-state index is 0.00966. The molecule has 0 spiro atoms. The molecule has 1 fully saturated rings. The average molecular weight is 558 g/mol. The first-order valence-corrected chi connectivity index (χ1v) is 12.3. The van der Waals surface area contributed by atoms with E-state index >= 15 is 0 Å². The third-order valence-electron chi connectivity index (χ3n) is 5.92. The predicted octanol–water partition coefficient (Wildman–Crippen LogP) is 4.27. The Kier molecular flexibility index (Phi) is 5.76. The number of nitrogens with zero attached hydrogens (tertiary/aromatic N) is 3. The van der Waals surface area contributed by atoms with Gasteiger partial charge in [0.1, 0.15) is 22.6 Å². The summed E-state index contributed by atoms with van der Waals surface area (Å²) in [5.41, 5.74) is 1.62. The van der Waals surface area contributed by atoms with Crippen LogP contribution in [0.5, 0.6) is 17.2 Å². The second kappa shape index (κ2) is 8.65. The number of benzene rings is 2.